The fourth-order valence-electron chi connectivity index (χ4n) is 2.04. The largest absolute Gasteiger partial charge is 0.465 e. The molecule has 1 rings (SSSR count). The highest BCUT2D eigenvalue weighted by molar-refractivity contribution is 6.33. The van der Waals surface area contributed by atoms with E-state index in [1.807, 2.05) is 32.0 Å². The molecule has 0 spiro atoms. The Morgan fingerprint density at radius 3 is 2.56 bits per heavy atom. The molecule has 3 nitrogen and oxygen atoms in total. The molecule has 0 saturated carbocycles. The molecular formula is C14H20ClNO2. The number of halogens is 1. The van der Waals surface area contributed by atoms with Gasteiger partial charge in [0, 0.05) is 17.3 Å². The third-order valence-electron chi connectivity index (χ3n) is 2.83. The molecule has 1 heterocycles. The summed E-state index contributed by atoms with van der Waals surface area (Å²) in [7, 11) is 0. The van der Waals surface area contributed by atoms with Crippen molar-refractivity contribution in [2.45, 2.75) is 44.4 Å². The molecule has 1 aromatic heterocycles. The number of nitrogens with zero attached hydrogens (tertiary/aromatic N) is 1. The van der Waals surface area contributed by atoms with Crippen LogP contribution in [0.4, 0.5) is 0 Å². The van der Waals surface area contributed by atoms with Crippen LogP contribution in [0.2, 0.25) is 0 Å². The maximum Gasteiger partial charge on any atom is 0.326 e. The van der Waals surface area contributed by atoms with Crippen LogP contribution in [-0.4, -0.2) is 22.4 Å². The molecule has 0 bridgehead atoms. The maximum absolute atomic E-state index is 11.8. The average molecular weight is 270 g/mol. The number of carbonyl (C=O) groups excluding carboxylic acids is 1. The minimum Gasteiger partial charge on any atom is -0.465 e. The molecular weight excluding hydrogens is 250 g/mol. The van der Waals surface area contributed by atoms with Crippen molar-refractivity contribution in [3.8, 4) is 0 Å². The second-order valence-electron chi connectivity index (χ2n) is 5.19. The van der Waals surface area contributed by atoms with E-state index in [4.69, 9.17) is 16.3 Å². The molecule has 0 radical (unpaired) electrons. The van der Waals surface area contributed by atoms with Gasteiger partial charge in [0.05, 0.1) is 6.61 Å². The summed E-state index contributed by atoms with van der Waals surface area (Å²) >= 11 is 6.30. The fourth-order valence-corrected chi connectivity index (χ4v) is 2.43. The summed E-state index contributed by atoms with van der Waals surface area (Å²) < 4.78 is 5.00. The van der Waals surface area contributed by atoms with Crippen molar-refractivity contribution in [2.24, 2.45) is 0 Å². The normalized spacial score (nSPS) is 14.9. The number of pyridine rings is 1. The molecule has 0 aliphatic rings. The lowest BCUT2D eigenvalue weighted by Gasteiger charge is -2.31. The summed E-state index contributed by atoms with van der Waals surface area (Å²) in [6.45, 7) is 7.85. The predicted molar refractivity (Wildman–Crippen MR) is 72.8 cm³/mol. The molecule has 1 unspecified atom stereocenters. The summed E-state index contributed by atoms with van der Waals surface area (Å²) in [6.07, 6.45) is 2.21. The summed E-state index contributed by atoms with van der Waals surface area (Å²) in [5, 5.41) is 0. The van der Waals surface area contributed by atoms with Gasteiger partial charge in [-0.3, -0.25) is 9.78 Å². The minimum atomic E-state index is -1.03. The molecule has 0 fully saturated rings. The topological polar surface area (TPSA) is 39.2 Å². The van der Waals surface area contributed by atoms with Crippen molar-refractivity contribution in [3.05, 3.63) is 30.1 Å². The zero-order chi connectivity index (χ0) is 13.8. The van der Waals surface area contributed by atoms with Gasteiger partial charge >= 0.3 is 5.97 Å². The first-order valence-corrected chi connectivity index (χ1v) is 6.45. The number of ether oxygens (including phenoxy) is 1. The lowest BCUT2D eigenvalue weighted by molar-refractivity contribution is -0.146. The molecule has 0 aliphatic heterocycles. The standard InChI is InChI=1S/C14H20ClNO2/c1-5-18-12(17)14(4,15)10-13(2,3)11-8-6-7-9-16-11/h6-9H,5,10H2,1-4H3. The van der Waals surface area contributed by atoms with Gasteiger partial charge in [-0.1, -0.05) is 19.9 Å². The Bertz CT molecular complexity index is 402. The number of hydrogen-bond donors (Lipinski definition) is 0. The Morgan fingerprint density at radius 2 is 2.06 bits per heavy atom. The fraction of sp³-hybridized carbons (Fsp3) is 0.571. The second-order valence-corrected chi connectivity index (χ2v) is 6.03. The average Bonchev–Trinajstić information content (AvgIpc) is 2.29. The van der Waals surface area contributed by atoms with E-state index in [0.29, 0.717) is 13.0 Å². The Hall–Kier alpha value is -1.09. The van der Waals surface area contributed by atoms with E-state index in [1.165, 1.54) is 0 Å². The number of carbonyl (C=O) groups is 1. The Morgan fingerprint density at radius 1 is 1.39 bits per heavy atom. The van der Waals surface area contributed by atoms with Gasteiger partial charge in [-0.25, -0.2) is 0 Å². The Kier molecular flexibility index (Phi) is 4.74. The summed E-state index contributed by atoms with van der Waals surface area (Å²) in [4.78, 5) is 15.1. The molecule has 1 atom stereocenters. The number of rotatable bonds is 5. The highest BCUT2D eigenvalue weighted by Crippen LogP contribution is 2.35. The van der Waals surface area contributed by atoms with E-state index in [1.54, 1.807) is 20.0 Å². The van der Waals surface area contributed by atoms with Crippen LogP contribution in [-0.2, 0) is 14.9 Å². The van der Waals surface area contributed by atoms with Gasteiger partial charge in [0.1, 0.15) is 4.87 Å². The predicted octanol–water partition coefficient (Wildman–Crippen LogP) is 3.31. The van der Waals surface area contributed by atoms with Crippen molar-refractivity contribution in [2.75, 3.05) is 6.61 Å². The van der Waals surface area contributed by atoms with Crippen LogP contribution in [0.3, 0.4) is 0 Å². The maximum atomic E-state index is 11.8. The summed E-state index contributed by atoms with van der Waals surface area (Å²) in [6, 6.07) is 5.74. The molecule has 4 heteroatoms. The highest BCUT2D eigenvalue weighted by atomic mass is 35.5. The van der Waals surface area contributed by atoms with Crippen LogP contribution in [0.25, 0.3) is 0 Å². The van der Waals surface area contributed by atoms with E-state index < -0.39 is 4.87 Å². The molecule has 0 saturated heterocycles. The SMILES string of the molecule is CCOC(=O)C(C)(Cl)CC(C)(C)c1ccccn1. The van der Waals surface area contributed by atoms with E-state index >= 15 is 0 Å². The van der Waals surface area contributed by atoms with Crippen molar-refractivity contribution in [1.29, 1.82) is 0 Å². The van der Waals surface area contributed by atoms with Gasteiger partial charge in [0.25, 0.3) is 0 Å². The quantitative estimate of drug-likeness (QED) is 0.608. The first-order chi connectivity index (χ1) is 8.29. The van der Waals surface area contributed by atoms with E-state index in [-0.39, 0.29) is 11.4 Å². The van der Waals surface area contributed by atoms with Gasteiger partial charge in [0.2, 0.25) is 0 Å². The van der Waals surface area contributed by atoms with Crippen molar-refractivity contribution >= 4 is 17.6 Å². The van der Waals surface area contributed by atoms with Crippen LogP contribution >= 0.6 is 11.6 Å². The summed E-state index contributed by atoms with van der Waals surface area (Å²) in [5.74, 6) is -0.379. The second kappa shape index (κ2) is 5.70. The lowest BCUT2D eigenvalue weighted by Crippen LogP contribution is -2.38. The first kappa shape index (κ1) is 15.0. The smallest absolute Gasteiger partial charge is 0.326 e. The first-order valence-electron chi connectivity index (χ1n) is 6.07. The highest BCUT2D eigenvalue weighted by Gasteiger charge is 2.39. The Balaban J connectivity index is 2.85. The van der Waals surface area contributed by atoms with Gasteiger partial charge in [-0.2, -0.15) is 0 Å². The van der Waals surface area contributed by atoms with Crippen LogP contribution < -0.4 is 0 Å². The lowest BCUT2D eigenvalue weighted by atomic mass is 9.80. The molecule has 0 amide bonds. The Labute approximate surface area is 114 Å². The molecule has 100 valence electrons. The van der Waals surface area contributed by atoms with E-state index in [0.717, 1.165) is 5.69 Å². The molecule has 0 aliphatic carbocycles. The zero-order valence-electron chi connectivity index (χ0n) is 11.4. The monoisotopic (exact) mass is 269 g/mol. The van der Waals surface area contributed by atoms with Crippen molar-refractivity contribution in [3.63, 3.8) is 0 Å². The number of hydrogen-bond acceptors (Lipinski definition) is 3. The molecule has 1 aromatic rings. The van der Waals surface area contributed by atoms with Crippen LogP contribution in [0, 0.1) is 0 Å². The third kappa shape index (κ3) is 3.70. The van der Waals surface area contributed by atoms with Crippen LogP contribution in [0.1, 0.15) is 39.8 Å². The molecule has 0 N–H and O–H groups in total. The van der Waals surface area contributed by atoms with E-state index in [9.17, 15) is 4.79 Å². The third-order valence-corrected chi connectivity index (χ3v) is 3.12. The van der Waals surface area contributed by atoms with Crippen LogP contribution in [0.15, 0.2) is 24.4 Å². The van der Waals surface area contributed by atoms with Crippen molar-refractivity contribution < 1.29 is 9.53 Å². The number of aromatic nitrogens is 1. The number of alkyl halides is 1. The minimum absolute atomic E-state index is 0.287. The van der Waals surface area contributed by atoms with Gasteiger partial charge in [0.15, 0.2) is 0 Å². The zero-order valence-corrected chi connectivity index (χ0v) is 12.1. The van der Waals surface area contributed by atoms with Crippen molar-refractivity contribution in [1.82, 2.24) is 4.98 Å². The number of esters is 1. The van der Waals surface area contributed by atoms with Crippen LogP contribution in [0.5, 0.6) is 0 Å². The summed E-state index contributed by atoms with van der Waals surface area (Å²) in [5.41, 5.74) is 0.631. The molecule has 18 heavy (non-hydrogen) atoms. The van der Waals surface area contributed by atoms with E-state index in [2.05, 4.69) is 4.98 Å². The van der Waals surface area contributed by atoms with Gasteiger partial charge < -0.3 is 4.74 Å². The molecule has 0 aromatic carbocycles. The van der Waals surface area contributed by atoms with Gasteiger partial charge in [-0.15, -0.1) is 11.6 Å². The van der Waals surface area contributed by atoms with Gasteiger partial charge in [-0.05, 0) is 32.4 Å².